The number of carbonyl (C=O) groups is 1. The van der Waals surface area contributed by atoms with E-state index in [9.17, 15) is 10.1 Å². The third-order valence-electron chi connectivity index (χ3n) is 4.34. The number of para-hydroxylation sites is 1. The Bertz CT molecular complexity index is 842. The highest BCUT2D eigenvalue weighted by Crippen LogP contribution is 2.28. The molecule has 0 aliphatic carbocycles. The second-order valence-corrected chi connectivity index (χ2v) is 6.31. The summed E-state index contributed by atoms with van der Waals surface area (Å²) in [6, 6.07) is 14.6. The fraction of sp³-hybridized carbons (Fsp3) is 0.263. The van der Waals surface area contributed by atoms with Gasteiger partial charge in [-0.15, -0.1) is 0 Å². The lowest BCUT2D eigenvalue weighted by Gasteiger charge is -2.36. The number of ether oxygens (including phenoxy) is 1. The molecule has 1 aliphatic rings. The number of rotatable bonds is 3. The van der Waals surface area contributed by atoms with Gasteiger partial charge < -0.3 is 19.9 Å². The van der Waals surface area contributed by atoms with Crippen LogP contribution in [0.4, 0.5) is 16.2 Å². The zero-order valence-corrected chi connectivity index (χ0v) is 15.2. The van der Waals surface area contributed by atoms with Gasteiger partial charge in [-0.05, 0) is 30.3 Å². The topological polar surface area (TPSA) is 68.6 Å². The maximum absolute atomic E-state index is 12.6. The van der Waals surface area contributed by atoms with Gasteiger partial charge in [0.25, 0.3) is 0 Å². The Kier molecular flexibility index (Phi) is 5.49. The molecule has 26 heavy (non-hydrogen) atoms. The summed E-state index contributed by atoms with van der Waals surface area (Å²) < 4.78 is 5.26. The SMILES string of the molecule is COc1ccc(Cl)cc1NC(=O)N1CCN(c2ccccc2C#N)CC1. The van der Waals surface area contributed by atoms with Crippen molar-refractivity contribution in [1.82, 2.24) is 4.90 Å². The number of methoxy groups -OCH3 is 1. The minimum atomic E-state index is -0.196. The summed E-state index contributed by atoms with van der Waals surface area (Å²) in [6.07, 6.45) is 0. The van der Waals surface area contributed by atoms with Crippen LogP contribution in [-0.2, 0) is 0 Å². The van der Waals surface area contributed by atoms with Crippen LogP contribution in [0.1, 0.15) is 5.56 Å². The fourth-order valence-corrected chi connectivity index (χ4v) is 3.14. The lowest BCUT2D eigenvalue weighted by Crippen LogP contribution is -2.50. The van der Waals surface area contributed by atoms with Crippen molar-refractivity contribution in [2.75, 3.05) is 43.5 Å². The number of halogens is 1. The molecule has 6 nitrogen and oxygen atoms in total. The van der Waals surface area contributed by atoms with Gasteiger partial charge in [-0.1, -0.05) is 23.7 Å². The van der Waals surface area contributed by atoms with Crippen LogP contribution in [-0.4, -0.2) is 44.2 Å². The number of hydrogen-bond donors (Lipinski definition) is 1. The molecule has 1 N–H and O–H groups in total. The van der Waals surface area contributed by atoms with E-state index in [2.05, 4.69) is 16.3 Å². The number of nitrogens with zero attached hydrogens (tertiary/aromatic N) is 3. The van der Waals surface area contributed by atoms with Crippen molar-refractivity contribution in [2.45, 2.75) is 0 Å². The molecule has 0 radical (unpaired) electrons. The number of urea groups is 1. The summed E-state index contributed by atoms with van der Waals surface area (Å²) in [5.41, 5.74) is 2.10. The Morgan fingerprint density at radius 1 is 1.19 bits per heavy atom. The highest BCUT2D eigenvalue weighted by molar-refractivity contribution is 6.31. The second kappa shape index (κ2) is 7.98. The quantitative estimate of drug-likeness (QED) is 0.896. The fourth-order valence-electron chi connectivity index (χ4n) is 2.97. The molecule has 1 saturated heterocycles. The lowest BCUT2D eigenvalue weighted by molar-refractivity contribution is 0.208. The molecule has 134 valence electrons. The van der Waals surface area contributed by atoms with Crippen LogP contribution in [0.2, 0.25) is 5.02 Å². The average Bonchev–Trinajstić information content (AvgIpc) is 2.68. The van der Waals surface area contributed by atoms with E-state index >= 15 is 0 Å². The lowest BCUT2D eigenvalue weighted by atomic mass is 10.1. The van der Waals surface area contributed by atoms with Crippen molar-refractivity contribution in [1.29, 1.82) is 5.26 Å². The van der Waals surface area contributed by atoms with Gasteiger partial charge in [-0.2, -0.15) is 5.26 Å². The molecule has 0 bridgehead atoms. The first-order chi connectivity index (χ1) is 12.6. The number of nitrogens with one attached hydrogen (secondary N) is 1. The summed E-state index contributed by atoms with van der Waals surface area (Å²) in [7, 11) is 1.55. The second-order valence-electron chi connectivity index (χ2n) is 5.88. The molecule has 0 saturated carbocycles. The van der Waals surface area contributed by atoms with E-state index in [1.807, 2.05) is 18.2 Å². The van der Waals surface area contributed by atoms with E-state index in [1.54, 1.807) is 36.3 Å². The van der Waals surface area contributed by atoms with Gasteiger partial charge in [0.2, 0.25) is 0 Å². The highest BCUT2D eigenvalue weighted by Gasteiger charge is 2.23. The molecule has 1 aliphatic heterocycles. The Balaban J connectivity index is 1.64. The van der Waals surface area contributed by atoms with Crippen molar-refractivity contribution in [3.63, 3.8) is 0 Å². The normalized spacial score (nSPS) is 13.9. The smallest absolute Gasteiger partial charge is 0.322 e. The molecule has 2 aromatic carbocycles. The van der Waals surface area contributed by atoms with Crippen LogP contribution in [0.3, 0.4) is 0 Å². The third-order valence-corrected chi connectivity index (χ3v) is 4.57. The molecule has 1 fully saturated rings. The number of benzene rings is 2. The van der Waals surface area contributed by atoms with Gasteiger partial charge >= 0.3 is 6.03 Å². The minimum Gasteiger partial charge on any atom is -0.495 e. The van der Waals surface area contributed by atoms with E-state index in [0.29, 0.717) is 48.2 Å². The zero-order chi connectivity index (χ0) is 18.5. The first-order valence-corrected chi connectivity index (χ1v) is 8.63. The maximum Gasteiger partial charge on any atom is 0.322 e. The van der Waals surface area contributed by atoms with Crippen molar-refractivity contribution < 1.29 is 9.53 Å². The molecular weight excluding hydrogens is 352 g/mol. The van der Waals surface area contributed by atoms with Crippen molar-refractivity contribution in [3.05, 3.63) is 53.1 Å². The van der Waals surface area contributed by atoms with Crippen LogP contribution < -0.4 is 15.0 Å². The van der Waals surface area contributed by atoms with E-state index in [-0.39, 0.29) is 6.03 Å². The van der Waals surface area contributed by atoms with E-state index in [4.69, 9.17) is 16.3 Å². The number of nitriles is 1. The predicted molar refractivity (Wildman–Crippen MR) is 102 cm³/mol. The van der Waals surface area contributed by atoms with Gasteiger partial charge in [-0.3, -0.25) is 0 Å². The van der Waals surface area contributed by atoms with Gasteiger partial charge in [-0.25, -0.2) is 4.79 Å². The van der Waals surface area contributed by atoms with E-state index in [1.165, 1.54) is 0 Å². The first-order valence-electron chi connectivity index (χ1n) is 8.26. The van der Waals surface area contributed by atoms with Gasteiger partial charge in [0.15, 0.2) is 0 Å². The van der Waals surface area contributed by atoms with Gasteiger partial charge in [0, 0.05) is 31.2 Å². The molecule has 0 unspecified atom stereocenters. The molecule has 1 heterocycles. The number of piperazine rings is 1. The molecular formula is C19H19ClN4O2. The number of carbonyl (C=O) groups excluding carboxylic acids is 1. The molecule has 0 aromatic heterocycles. The molecule has 0 atom stereocenters. The van der Waals surface area contributed by atoms with Crippen LogP contribution in [0.5, 0.6) is 5.75 Å². The van der Waals surface area contributed by atoms with E-state index < -0.39 is 0 Å². The molecule has 0 spiro atoms. The number of hydrogen-bond acceptors (Lipinski definition) is 4. The Hall–Kier alpha value is -2.91. The summed E-state index contributed by atoms with van der Waals surface area (Å²) in [5, 5.41) is 12.6. The Morgan fingerprint density at radius 2 is 1.92 bits per heavy atom. The average molecular weight is 371 g/mol. The van der Waals surface area contributed by atoms with Crippen LogP contribution in [0.25, 0.3) is 0 Å². The summed E-state index contributed by atoms with van der Waals surface area (Å²) >= 11 is 6.01. The molecule has 7 heteroatoms. The molecule has 2 amide bonds. The third kappa shape index (κ3) is 3.84. The van der Waals surface area contributed by atoms with Crippen molar-refractivity contribution in [2.24, 2.45) is 0 Å². The molecule has 3 rings (SSSR count). The van der Waals surface area contributed by atoms with Gasteiger partial charge in [0.05, 0.1) is 24.0 Å². The first kappa shape index (κ1) is 17.9. The molecule has 2 aromatic rings. The van der Waals surface area contributed by atoms with E-state index in [0.717, 1.165) is 5.69 Å². The van der Waals surface area contributed by atoms with Crippen LogP contribution >= 0.6 is 11.6 Å². The maximum atomic E-state index is 12.6. The summed E-state index contributed by atoms with van der Waals surface area (Å²) in [5.74, 6) is 0.560. The number of anilines is 2. The largest absolute Gasteiger partial charge is 0.495 e. The van der Waals surface area contributed by atoms with Crippen molar-refractivity contribution >= 4 is 29.0 Å². The van der Waals surface area contributed by atoms with Crippen molar-refractivity contribution in [3.8, 4) is 11.8 Å². The van der Waals surface area contributed by atoms with Crippen LogP contribution in [0.15, 0.2) is 42.5 Å². The van der Waals surface area contributed by atoms with Crippen LogP contribution in [0, 0.1) is 11.3 Å². The summed E-state index contributed by atoms with van der Waals surface area (Å²) in [6.45, 7) is 2.46. The predicted octanol–water partition coefficient (Wildman–Crippen LogP) is 3.57. The Morgan fingerprint density at radius 3 is 2.62 bits per heavy atom. The summed E-state index contributed by atoms with van der Waals surface area (Å²) in [4.78, 5) is 16.4. The minimum absolute atomic E-state index is 0.196. The standard InChI is InChI=1S/C19H19ClN4O2/c1-26-18-7-6-15(20)12-16(18)22-19(25)24-10-8-23(9-11-24)17-5-3-2-4-14(17)13-21/h2-7,12H,8-11H2,1H3,(H,22,25). The monoisotopic (exact) mass is 370 g/mol. The number of amides is 2. The highest BCUT2D eigenvalue weighted by atomic mass is 35.5. The van der Waals surface area contributed by atoms with Gasteiger partial charge in [0.1, 0.15) is 11.8 Å². The zero-order valence-electron chi connectivity index (χ0n) is 14.4. The Labute approximate surface area is 157 Å².